The number of amides is 2. The van der Waals surface area contributed by atoms with Gasteiger partial charge in [-0.15, -0.1) is 0 Å². The molecule has 2 aromatic rings. The van der Waals surface area contributed by atoms with E-state index in [-0.39, 0.29) is 0 Å². The lowest BCUT2D eigenvalue weighted by Gasteiger charge is -2.14. The summed E-state index contributed by atoms with van der Waals surface area (Å²) in [5.74, 6) is 1.04. The zero-order chi connectivity index (χ0) is 14.4. The molecule has 0 unspecified atom stereocenters. The molecule has 0 bridgehead atoms. The highest BCUT2D eigenvalue weighted by Crippen LogP contribution is 2.34. The van der Waals surface area contributed by atoms with E-state index in [2.05, 4.69) is 15.6 Å². The summed E-state index contributed by atoms with van der Waals surface area (Å²) in [5.41, 5.74) is 1.07. The van der Waals surface area contributed by atoms with Crippen molar-refractivity contribution in [3.8, 4) is 11.5 Å². The lowest BCUT2D eigenvalue weighted by molar-refractivity contribution is 0.262. The van der Waals surface area contributed by atoms with E-state index in [9.17, 15) is 4.79 Å². The third-order valence-corrected chi connectivity index (χ3v) is 2.59. The summed E-state index contributed by atoms with van der Waals surface area (Å²) in [7, 11) is 3.05. The Kier molecular flexibility index (Phi) is 4.39. The molecule has 104 valence electrons. The highest BCUT2D eigenvalue weighted by molar-refractivity contribution is 6.01. The molecule has 0 aliphatic carbocycles. The Morgan fingerprint density at radius 2 is 1.75 bits per heavy atom. The summed E-state index contributed by atoms with van der Waals surface area (Å²) >= 11 is 0. The van der Waals surface area contributed by atoms with Gasteiger partial charge in [-0.2, -0.15) is 0 Å². The number of hydrogen-bond acceptors (Lipinski definition) is 4. The summed E-state index contributed by atoms with van der Waals surface area (Å²) in [5, 5.41) is 5.37. The van der Waals surface area contributed by atoms with Crippen molar-refractivity contribution in [2.75, 3.05) is 24.9 Å². The van der Waals surface area contributed by atoms with Crippen molar-refractivity contribution in [3.63, 3.8) is 0 Å². The van der Waals surface area contributed by atoms with E-state index in [0.29, 0.717) is 22.9 Å². The van der Waals surface area contributed by atoms with Crippen molar-refractivity contribution < 1.29 is 14.3 Å². The molecular formula is C14H15N3O3. The Bertz CT molecular complexity index is 565. The van der Waals surface area contributed by atoms with Gasteiger partial charge < -0.3 is 20.1 Å². The van der Waals surface area contributed by atoms with Crippen molar-refractivity contribution in [1.29, 1.82) is 0 Å². The topological polar surface area (TPSA) is 72.5 Å². The first-order chi connectivity index (χ1) is 9.74. The number of carbonyl (C=O) groups excluding carboxylic acids is 1. The lowest BCUT2D eigenvalue weighted by Crippen LogP contribution is -2.20. The second-order valence-electron chi connectivity index (χ2n) is 3.86. The molecule has 0 spiro atoms. The maximum Gasteiger partial charge on any atom is 0.323 e. The minimum absolute atomic E-state index is 0.402. The van der Waals surface area contributed by atoms with E-state index < -0.39 is 6.03 Å². The second kappa shape index (κ2) is 6.42. The number of urea groups is 1. The molecule has 0 atom stereocenters. The van der Waals surface area contributed by atoms with Gasteiger partial charge in [-0.05, 0) is 24.3 Å². The van der Waals surface area contributed by atoms with Crippen molar-refractivity contribution >= 4 is 17.4 Å². The molecule has 20 heavy (non-hydrogen) atoms. The number of methoxy groups -OCH3 is 2. The van der Waals surface area contributed by atoms with E-state index in [4.69, 9.17) is 9.47 Å². The Morgan fingerprint density at radius 3 is 2.30 bits per heavy atom. The molecule has 2 N–H and O–H groups in total. The number of aromatic nitrogens is 1. The number of nitrogens with one attached hydrogen (secondary N) is 2. The number of pyridine rings is 1. The number of hydrogen-bond donors (Lipinski definition) is 2. The molecule has 1 heterocycles. The predicted octanol–water partition coefficient (Wildman–Crippen LogP) is 2.74. The molecule has 0 fully saturated rings. The van der Waals surface area contributed by atoms with Gasteiger partial charge in [0.25, 0.3) is 0 Å². The van der Waals surface area contributed by atoms with E-state index >= 15 is 0 Å². The fourth-order valence-corrected chi connectivity index (χ4v) is 1.69. The van der Waals surface area contributed by atoms with E-state index in [1.54, 1.807) is 42.7 Å². The van der Waals surface area contributed by atoms with Crippen LogP contribution in [0, 0.1) is 0 Å². The SMILES string of the molecule is COc1cccc(OC)c1NC(=O)Nc1cccnc1. The van der Waals surface area contributed by atoms with E-state index in [0.717, 1.165) is 0 Å². The van der Waals surface area contributed by atoms with Crippen LogP contribution in [0.1, 0.15) is 0 Å². The smallest absolute Gasteiger partial charge is 0.323 e. The molecule has 2 rings (SSSR count). The number of nitrogens with zero attached hydrogens (tertiary/aromatic N) is 1. The molecule has 0 aliphatic heterocycles. The summed E-state index contributed by atoms with van der Waals surface area (Å²) in [4.78, 5) is 15.9. The molecule has 0 aliphatic rings. The maximum atomic E-state index is 12.0. The molecule has 0 radical (unpaired) electrons. The van der Waals surface area contributed by atoms with Crippen LogP contribution in [-0.4, -0.2) is 25.2 Å². The third-order valence-electron chi connectivity index (χ3n) is 2.59. The summed E-state index contributed by atoms with van der Waals surface area (Å²) in [6.07, 6.45) is 3.19. The van der Waals surface area contributed by atoms with Gasteiger partial charge in [-0.1, -0.05) is 6.07 Å². The summed E-state index contributed by atoms with van der Waals surface area (Å²) in [6.45, 7) is 0. The normalized spacial score (nSPS) is 9.70. The highest BCUT2D eigenvalue weighted by Gasteiger charge is 2.12. The number of ether oxygens (including phenoxy) is 2. The van der Waals surface area contributed by atoms with Crippen LogP contribution in [0.4, 0.5) is 16.2 Å². The van der Waals surface area contributed by atoms with Gasteiger partial charge in [-0.3, -0.25) is 4.98 Å². The molecule has 6 heteroatoms. The van der Waals surface area contributed by atoms with Crippen LogP contribution in [0.25, 0.3) is 0 Å². The Morgan fingerprint density at radius 1 is 1.05 bits per heavy atom. The molecule has 0 saturated carbocycles. The van der Waals surface area contributed by atoms with Gasteiger partial charge in [-0.25, -0.2) is 4.79 Å². The number of carbonyl (C=O) groups is 1. The van der Waals surface area contributed by atoms with Crippen molar-refractivity contribution in [2.24, 2.45) is 0 Å². The minimum atomic E-state index is -0.402. The van der Waals surface area contributed by atoms with Crippen molar-refractivity contribution in [1.82, 2.24) is 4.98 Å². The number of rotatable bonds is 4. The molecule has 6 nitrogen and oxygen atoms in total. The predicted molar refractivity (Wildman–Crippen MR) is 76.4 cm³/mol. The van der Waals surface area contributed by atoms with Crippen LogP contribution in [-0.2, 0) is 0 Å². The fraction of sp³-hybridized carbons (Fsp3) is 0.143. The molecule has 2 amide bonds. The van der Waals surface area contributed by atoms with E-state index in [1.807, 2.05) is 0 Å². The third kappa shape index (κ3) is 3.17. The Balaban J connectivity index is 2.15. The maximum absolute atomic E-state index is 12.0. The van der Waals surface area contributed by atoms with Crippen LogP contribution in [0.2, 0.25) is 0 Å². The van der Waals surface area contributed by atoms with Crippen molar-refractivity contribution in [2.45, 2.75) is 0 Å². The van der Waals surface area contributed by atoms with Crippen molar-refractivity contribution in [3.05, 3.63) is 42.7 Å². The van der Waals surface area contributed by atoms with Gasteiger partial charge in [0.2, 0.25) is 0 Å². The van der Waals surface area contributed by atoms with Crippen LogP contribution >= 0.6 is 0 Å². The van der Waals surface area contributed by atoms with Crippen LogP contribution in [0.5, 0.6) is 11.5 Å². The molecular weight excluding hydrogens is 258 g/mol. The van der Waals surface area contributed by atoms with E-state index in [1.165, 1.54) is 14.2 Å². The lowest BCUT2D eigenvalue weighted by atomic mass is 10.2. The van der Waals surface area contributed by atoms with Gasteiger partial charge >= 0.3 is 6.03 Å². The summed E-state index contributed by atoms with van der Waals surface area (Å²) < 4.78 is 10.4. The van der Waals surface area contributed by atoms with Crippen LogP contribution in [0.15, 0.2) is 42.7 Å². The number of para-hydroxylation sites is 1. The average molecular weight is 273 g/mol. The number of benzene rings is 1. The number of anilines is 2. The second-order valence-corrected chi connectivity index (χ2v) is 3.86. The standard InChI is InChI=1S/C14H15N3O3/c1-19-11-6-3-7-12(20-2)13(11)17-14(18)16-10-5-4-8-15-9-10/h3-9H,1-2H3,(H2,16,17,18). The first-order valence-corrected chi connectivity index (χ1v) is 5.93. The fourth-order valence-electron chi connectivity index (χ4n) is 1.69. The van der Waals surface area contributed by atoms with Crippen LogP contribution < -0.4 is 20.1 Å². The minimum Gasteiger partial charge on any atom is -0.494 e. The zero-order valence-corrected chi connectivity index (χ0v) is 11.2. The van der Waals surface area contributed by atoms with Gasteiger partial charge in [0, 0.05) is 6.20 Å². The van der Waals surface area contributed by atoms with Gasteiger partial charge in [0.1, 0.15) is 17.2 Å². The summed E-state index contributed by atoms with van der Waals surface area (Å²) in [6, 6.07) is 8.33. The highest BCUT2D eigenvalue weighted by atomic mass is 16.5. The Labute approximate surface area is 116 Å². The molecule has 0 saturated heterocycles. The van der Waals surface area contributed by atoms with Gasteiger partial charge in [0.15, 0.2) is 0 Å². The quantitative estimate of drug-likeness (QED) is 0.898. The first-order valence-electron chi connectivity index (χ1n) is 5.93. The van der Waals surface area contributed by atoms with Crippen LogP contribution in [0.3, 0.4) is 0 Å². The zero-order valence-electron chi connectivity index (χ0n) is 11.2. The average Bonchev–Trinajstić information content (AvgIpc) is 2.48. The largest absolute Gasteiger partial charge is 0.494 e. The monoisotopic (exact) mass is 273 g/mol. The molecule has 1 aromatic carbocycles. The first kappa shape index (κ1) is 13.7. The Hall–Kier alpha value is -2.76. The van der Waals surface area contributed by atoms with Gasteiger partial charge in [0.05, 0.1) is 26.1 Å². The molecule has 1 aromatic heterocycles.